The predicted molar refractivity (Wildman–Crippen MR) is 159 cm³/mol. The topological polar surface area (TPSA) is 13.0 Å². The lowest BCUT2D eigenvalue weighted by molar-refractivity contribution is 0.125. The number of halogens is 2. The van der Waals surface area contributed by atoms with E-state index in [-0.39, 0.29) is 17.6 Å². The minimum atomic E-state index is -0.227. The van der Waals surface area contributed by atoms with Crippen LogP contribution in [0.4, 0.5) is 20.2 Å². The number of hydrogen-bond acceptors (Lipinski definition) is 4. The summed E-state index contributed by atoms with van der Waals surface area (Å²) in [5.41, 5.74) is 4.58. The quantitative estimate of drug-likeness (QED) is 0.265. The van der Waals surface area contributed by atoms with Gasteiger partial charge in [-0.05, 0) is 85.9 Å². The maximum Gasteiger partial charge on any atom is 0.123 e. The fourth-order valence-electron chi connectivity index (χ4n) is 7.01. The summed E-state index contributed by atoms with van der Waals surface area (Å²) >= 11 is 0. The van der Waals surface area contributed by atoms with E-state index in [1.165, 1.54) is 63.0 Å². The van der Waals surface area contributed by atoms with Gasteiger partial charge in [-0.3, -0.25) is 4.90 Å². The number of fused-ring (bicyclic) bond motifs is 3. The second-order valence-electron chi connectivity index (χ2n) is 11.8. The molecule has 3 aliphatic rings. The van der Waals surface area contributed by atoms with Gasteiger partial charge in [0.05, 0.1) is 0 Å². The number of anilines is 2. The standard InChI is InChI=1S/C34H42F2N4/c35-28-10-13-30(14-11-28)40-33-15-12-29(36)24-31(33)32-26-38(19-16-34(32)40)18-7-2-1-6-17-37-20-22-39(23-21-37)25-27-8-4-3-5-9-27/h3-5,8-15,24,32,34H,1-2,6-7,16-23,25-26H2. The second-order valence-corrected chi connectivity index (χ2v) is 11.8. The maximum absolute atomic E-state index is 14.3. The fraction of sp³-hybridized carbons (Fsp3) is 0.471. The van der Waals surface area contributed by atoms with Crippen molar-refractivity contribution in [3.05, 3.63) is 95.6 Å². The molecule has 3 heterocycles. The number of piperidine rings is 1. The van der Waals surface area contributed by atoms with Gasteiger partial charge in [0.25, 0.3) is 0 Å². The monoisotopic (exact) mass is 544 g/mol. The summed E-state index contributed by atoms with van der Waals surface area (Å²) in [6.07, 6.45) is 6.10. The molecule has 3 aromatic rings. The van der Waals surface area contributed by atoms with Gasteiger partial charge in [-0.2, -0.15) is 0 Å². The van der Waals surface area contributed by atoms with Crippen LogP contribution in [0.15, 0.2) is 72.8 Å². The summed E-state index contributed by atoms with van der Waals surface area (Å²) < 4.78 is 27.9. The van der Waals surface area contributed by atoms with Crippen molar-refractivity contribution in [2.45, 2.75) is 50.6 Å². The smallest absolute Gasteiger partial charge is 0.123 e. The van der Waals surface area contributed by atoms with Crippen LogP contribution in [0.2, 0.25) is 0 Å². The van der Waals surface area contributed by atoms with E-state index < -0.39 is 0 Å². The first-order valence-electron chi connectivity index (χ1n) is 15.2. The van der Waals surface area contributed by atoms with Gasteiger partial charge >= 0.3 is 0 Å². The van der Waals surface area contributed by atoms with Gasteiger partial charge in [-0.1, -0.05) is 43.2 Å². The van der Waals surface area contributed by atoms with Crippen molar-refractivity contribution in [2.24, 2.45) is 0 Å². The number of likely N-dealkylation sites (tertiary alicyclic amines) is 1. The molecule has 2 saturated heterocycles. The van der Waals surface area contributed by atoms with Crippen LogP contribution in [0.5, 0.6) is 0 Å². The summed E-state index contributed by atoms with van der Waals surface area (Å²) in [5, 5.41) is 0. The van der Waals surface area contributed by atoms with E-state index in [1.807, 2.05) is 18.2 Å². The Balaban J connectivity index is 0.924. The van der Waals surface area contributed by atoms with Gasteiger partial charge in [-0.15, -0.1) is 0 Å². The van der Waals surface area contributed by atoms with Crippen LogP contribution >= 0.6 is 0 Å². The molecule has 6 heteroatoms. The van der Waals surface area contributed by atoms with Crippen molar-refractivity contribution in [1.29, 1.82) is 0 Å². The first kappa shape index (κ1) is 27.4. The average molecular weight is 545 g/mol. The molecule has 6 rings (SSSR count). The zero-order valence-corrected chi connectivity index (χ0v) is 23.5. The Morgan fingerprint density at radius 2 is 1.32 bits per heavy atom. The summed E-state index contributed by atoms with van der Waals surface area (Å²) in [5.74, 6) is -0.117. The first-order chi connectivity index (χ1) is 19.6. The highest BCUT2D eigenvalue weighted by Crippen LogP contribution is 2.48. The molecule has 212 valence electrons. The highest BCUT2D eigenvalue weighted by atomic mass is 19.1. The SMILES string of the molecule is Fc1ccc(N2c3ccc(F)cc3C3CN(CCCCCCN4CCN(Cc5ccccc5)CC4)CCC32)cc1. The van der Waals surface area contributed by atoms with Crippen molar-refractivity contribution in [1.82, 2.24) is 14.7 Å². The minimum Gasteiger partial charge on any atom is -0.337 e. The van der Waals surface area contributed by atoms with Crippen LogP contribution in [-0.2, 0) is 6.54 Å². The molecule has 3 aliphatic heterocycles. The van der Waals surface area contributed by atoms with Crippen LogP contribution < -0.4 is 4.90 Å². The van der Waals surface area contributed by atoms with Gasteiger partial charge in [0.2, 0.25) is 0 Å². The molecule has 4 nitrogen and oxygen atoms in total. The molecule has 0 bridgehead atoms. The van der Waals surface area contributed by atoms with Gasteiger partial charge in [-0.25, -0.2) is 8.78 Å². The van der Waals surface area contributed by atoms with Gasteiger partial charge in [0, 0.05) is 69.1 Å². The van der Waals surface area contributed by atoms with Crippen LogP contribution in [0.3, 0.4) is 0 Å². The summed E-state index contributed by atoms with van der Waals surface area (Å²) in [7, 11) is 0. The Hall–Kier alpha value is -2.80. The summed E-state index contributed by atoms with van der Waals surface area (Å²) in [4.78, 5) is 10.1. The molecule has 0 aliphatic carbocycles. The number of benzene rings is 3. The van der Waals surface area contributed by atoms with E-state index in [0.717, 1.165) is 62.6 Å². The van der Waals surface area contributed by atoms with E-state index >= 15 is 0 Å². The minimum absolute atomic E-state index is 0.173. The Morgan fingerprint density at radius 1 is 0.650 bits per heavy atom. The third-order valence-corrected chi connectivity index (χ3v) is 9.16. The number of rotatable bonds is 10. The Bertz CT molecular complexity index is 1230. The van der Waals surface area contributed by atoms with Crippen LogP contribution in [0.25, 0.3) is 0 Å². The Labute approximate surface area is 238 Å². The van der Waals surface area contributed by atoms with Crippen LogP contribution in [0.1, 0.15) is 49.1 Å². The molecule has 2 unspecified atom stereocenters. The van der Waals surface area contributed by atoms with Crippen molar-refractivity contribution in [3.8, 4) is 0 Å². The molecule has 0 spiro atoms. The summed E-state index contributed by atoms with van der Waals surface area (Å²) in [6, 6.07) is 23.0. The summed E-state index contributed by atoms with van der Waals surface area (Å²) in [6.45, 7) is 10.1. The third-order valence-electron chi connectivity index (χ3n) is 9.16. The van der Waals surface area contributed by atoms with E-state index in [1.54, 1.807) is 12.1 Å². The molecule has 0 radical (unpaired) electrons. The highest BCUT2D eigenvalue weighted by Gasteiger charge is 2.42. The van der Waals surface area contributed by atoms with Crippen molar-refractivity contribution < 1.29 is 8.78 Å². The van der Waals surface area contributed by atoms with Crippen molar-refractivity contribution in [2.75, 3.05) is 57.3 Å². The lowest BCUT2D eigenvalue weighted by atomic mass is 9.88. The van der Waals surface area contributed by atoms with E-state index in [2.05, 4.69) is 49.9 Å². The van der Waals surface area contributed by atoms with Crippen molar-refractivity contribution in [3.63, 3.8) is 0 Å². The predicted octanol–water partition coefficient (Wildman–Crippen LogP) is 6.65. The normalized spacial score (nSPS) is 21.9. The molecule has 2 atom stereocenters. The number of nitrogens with zero attached hydrogens (tertiary/aromatic N) is 4. The van der Waals surface area contributed by atoms with Crippen LogP contribution in [-0.4, -0.2) is 73.1 Å². The average Bonchev–Trinajstić information content (AvgIpc) is 3.29. The van der Waals surface area contributed by atoms with Crippen molar-refractivity contribution >= 4 is 11.4 Å². The third kappa shape index (κ3) is 6.40. The Morgan fingerprint density at radius 3 is 2.08 bits per heavy atom. The Kier molecular flexibility index (Phi) is 8.76. The first-order valence-corrected chi connectivity index (χ1v) is 15.2. The molecule has 0 saturated carbocycles. The molecule has 0 aromatic heterocycles. The fourth-order valence-corrected chi connectivity index (χ4v) is 7.01. The van der Waals surface area contributed by atoms with Gasteiger partial charge < -0.3 is 14.7 Å². The van der Waals surface area contributed by atoms with E-state index in [9.17, 15) is 8.78 Å². The van der Waals surface area contributed by atoms with Gasteiger partial charge in [0.15, 0.2) is 0 Å². The van der Waals surface area contributed by atoms with E-state index in [0.29, 0.717) is 6.04 Å². The molecule has 0 N–H and O–H groups in total. The number of hydrogen-bond donors (Lipinski definition) is 0. The van der Waals surface area contributed by atoms with Crippen LogP contribution in [0, 0.1) is 11.6 Å². The van der Waals surface area contributed by atoms with Gasteiger partial charge in [0.1, 0.15) is 11.6 Å². The zero-order chi connectivity index (χ0) is 27.3. The molecule has 2 fully saturated rings. The molecular formula is C34H42F2N4. The number of unbranched alkanes of at least 4 members (excludes halogenated alkanes) is 3. The zero-order valence-electron chi connectivity index (χ0n) is 23.5. The largest absolute Gasteiger partial charge is 0.337 e. The van der Waals surface area contributed by atoms with E-state index in [4.69, 9.17) is 0 Å². The maximum atomic E-state index is 14.3. The molecule has 3 aromatic carbocycles. The molecule has 40 heavy (non-hydrogen) atoms. The molecular weight excluding hydrogens is 502 g/mol. The lowest BCUT2D eigenvalue weighted by Gasteiger charge is -2.39. The highest BCUT2D eigenvalue weighted by molar-refractivity contribution is 5.73. The lowest BCUT2D eigenvalue weighted by Crippen LogP contribution is -2.46. The molecule has 0 amide bonds. The second kappa shape index (κ2) is 12.8. The number of piperazine rings is 1.